The van der Waals surface area contributed by atoms with Crippen molar-refractivity contribution in [3.8, 4) is 0 Å². The molecule has 1 N–H and O–H groups in total. The van der Waals surface area contributed by atoms with Crippen molar-refractivity contribution in [1.82, 2.24) is 0 Å². The Kier molecular flexibility index (Phi) is 16.2. The lowest BCUT2D eigenvalue weighted by Crippen LogP contribution is -1.97. The van der Waals surface area contributed by atoms with Gasteiger partial charge in [0.15, 0.2) is 0 Å². The molecule has 0 fully saturated rings. The van der Waals surface area contributed by atoms with Gasteiger partial charge in [0.1, 0.15) is 12.4 Å². The van der Waals surface area contributed by atoms with Crippen LogP contribution in [0.25, 0.3) is 0 Å². The van der Waals surface area contributed by atoms with Crippen LogP contribution in [0.15, 0.2) is 81.6 Å². The van der Waals surface area contributed by atoms with Crippen LogP contribution in [0.4, 0.5) is 0 Å². The lowest BCUT2D eigenvalue weighted by atomic mass is 9.97. The molecule has 4 heteroatoms. The highest BCUT2D eigenvalue weighted by atomic mass is 32.1. The molecule has 1 aliphatic carbocycles. The molecule has 0 atom stereocenters. The maximum atomic E-state index is 10.6. The molecule has 0 spiro atoms. The first-order valence-corrected chi connectivity index (χ1v) is 11.6. The van der Waals surface area contributed by atoms with E-state index < -0.39 is 5.97 Å². The predicted molar refractivity (Wildman–Crippen MR) is 137 cm³/mol. The van der Waals surface area contributed by atoms with Crippen LogP contribution in [0, 0.1) is 0 Å². The second-order valence-corrected chi connectivity index (χ2v) is 7.62. The van der Waals surface area contributed by atoms with E-state index in [1.807, 2.05) is 39.0 Å². The SMILES string of the molecule is C/C=C(C1=CCC(COC(/C=C\CCCC(=O)O)=C/CC)=CC=C1)/C(C)=C(/C)S.CC. The number of rotatable bonds is 11. The van der Waals surface area contributed by atoms with Crippen LogP contribution in [0.2, 0.25) is 0 Å². The zero-order valence-corrected chi connectivity index (χ0v) is 21.0. The molecular formula is C27H40O3S. The van der Waals surface area contributed by atoms with Gasteiger partial charge in [-0.3, -0.25) is 4.79 Å². The molecule has 3 nitrogen and oxygen atoms in total. The Balaban J connectivity index is 0.00000436. The molecule has 1 aliphatic rings. The fourth-order valence-electron chi connectivity index (χ4n) is 2.89. The number of carbonyl (C=O) groups is 1. The van der Waals surface area contributed by atoms with Gasteiger partial charge in [0.2, 0.25) is 0 Å². The Morgan fingerprint density at radius 1 is 1.29 bits per heavy atom. The van der Waals surface area contributed by atoms with Crippen molar-refractivity contribution in [2.24, 2.45) is 0 Å². The summed E-state index contributed by atoms with van der Waals surface area (Å²) in [6.45, 7) is 12.8. The number of aliphatic carboxylic acids is 1. The first-order valence-electron chi connectivity index (χ1n) is 11.2. The van der Waals surface area contributed by atoms with E-state index in [9.17, 15) is 4.79 Å². The highest BCUT2D eigenvalue weighted by Crippen LogP contribution is 2.27. The number of unbranched alkanes of at least 4 members (excludes halogenated alkanes) is 1. The third kappa shape index (κ3) is 12.3. The Hall–Kier alpha value is -2.20. The minimum Gasteiger partial charge on any atom is -0.490 e. The molecule has 0 heterocycles. The molecular weight excluding hydrogens is 404 g/mol. The molecule has 0 aromatic carbocycles. The number of carboxylic acid groups (broad SMARTS) is 1. The van der Waals surface area contributed by atoms with Gasteiger partial charge in [-0.15, -0.1) is 12.6 Å². The third-order valence-electron chi connectivity index (χ3n) is 4.61. The lowest BCUT2D eigenvalue weighted by molar-refractivity contribution is -0.137. The lowest BCUT2D eigenvalue weighted by Gasteiger charge is -2.11. The molecule has 0 bridgehead atoms. The van der Waals surface area contributed by atoms with E-state index in [-0.39, 0.29) is 6.42 Å². The first-order chi connectivity index (χ1) is 14.9. The molecule has 0 amide bonds. The largest absolute Gasteiger partial charge is 0.490 e. The van der Waals surface area contributed by atoms with Gasteiger partial charge in [-0.1, -0.05) is 57.2 Å². The second kappa shape index (κ2) is 17.5. The highest BCUT2D eigenvalue weighted by molar-refractivity contribution is 7.84. The fourth-order valence-corrected chi connectivity index (χ4v) is 3.01. The average molecular weight is 445 g/mol. The number of carboxylic acids is 1. The fraction of sp³-hybridized carbons (Fsp3) is 0.444. The minimum atomic E-state index is -0.754. The molecule has 0 aromatic rings. The van der Waals surface area contributed by atoms with Gasteiger partial charge in [0.05, 0.1) is 0 Å². The number of thiol groups is 1. The van der Waals surface area contributed by atoms with Crippen molar-refractivity contribution in [3.05, 3.63) is 81.6 Å². The van der Waals surface area contributed by atoms with Gasteiger partial charge in [-0.05, 0) is 85.8 Å². The molecule has 31 heavy (non-hydrogen) atoms. The summed E-state index contributed by atoms with van der Waals surface area (Å²) < 4.78 is 6.00. The van der Waals surface area contributed by atoms with Crippen molar-refractivity contribution >= 4 is 18.6 Å². The van der Waals surface area contributed by atoms with E-state index in [4.69, 9.17) is 9.84 Å². The van der Waals surface area contributed by atoms with Gasteiger partial charge in [-0.2, -0.15) is 0 Å². The van der Waals surface area contributed by atoms with Gasteiger partial charge in [0.25, 0.3) is 0 Å². The van der Waals surface area contributed by atoms with Gasteiger partial charge < -0.3 is 9.84 Å². The van der Waals surface area contributed by atoms with Gasteiger partial charge in [0, 0.05) is 6.42 Å². The summed E-state index contributed by atoms with van der Waals surface area (Å²) in [7, 11) is 0. The maximum Gasteiger partial charge on any atom is 0.303 e. The van der Waals surface area contributed by atoms with Crippen LogP contribution < -0.4 is 0 Å². The summed E-state index contributed by atoms with van der Waals surface area (Å²) in [5, 5.41) is 8.70. The summed E-state index contributed by atoms with van der Waals surface area (Å²) in [5.74, 6) is 0.0795. The van der Waals surface area contributed by atoms with E-state index in [0.29, 0.717) is 13.0 Å². The first kappa shape index (κ1) is 28.8. The monoisotopic (exact) mass is 444 g/mol. The second-order valence-electron chi connectivity index (χ2n) is 6.95. The number of allylic oxidation sites excluding steroid dienone is 12. The molecule has 0 saturated carbocycles. The van der Waals surface area contributed by atoms with Gasteiger partial charge >= 0.3 is 5.97 Å². The van der Waals surface area contributed by atoms with E-state index >= 15 is 0 Å². The molecule has 0 aliphatic heterocycles. The normalized spacial score (nSPS) is 15.5. The summed E-state index contributed by atoms with van der Waals surface area (Å²) >= 11 is 4.49. The summed E-state index contributed by atoms with van der Waals surface area (Å²) in [6.07, 6.45) is 20.0. The summed E-state index contributed by atoms with van der Waals surface area (Å²) in [6, 6.07) is 0. The molecule has 0 unspecified atom stereocenters. The highest BCUT2D eigenvalue weighted by Gasteiger charge is 2.08. The Morgan fingerprint density at radius 2 is 2.00 bits per heavy atom. The number of hydrogen-bond acceptors (Lipinski definition) is 3. The summed E-state index contributed by atoms with van der Waals surface area (Å²) in [5.41, 5.74) is 4.80. The third-order valence-corrected chi connectivity index (χ3v) is 4.95. The van der Waals surface area contributed by atoms with E-state index in [2.05, 4.69) is 63.8 Å². The van der Waals surface area contributed by atoms with Crippen LogP contribution >= 0.6 is 12.6 Å². The minimum absolute atomic E-state index is 0.196. The molecule has 1 rings (SSSR count). The van der Waals surface area contributed by atoms with Crippen molar-refractivity contribution in [2.45, 2.75) is 73.6 Å². The van der Waals surface area contributed by atoms with Crippen LogP contribution in [0.5, 0.6) is 0 Å². The Morgan fingerprint density at radius 3 is 2.58 bits per heavy atom. The molecule has 0 aromatic heterocycles. The average Bonchev–Trinajstić information content (AvgIpc) is 2.99. The zero-order chi connectivity index (χ0) is 23.6. The number of hydrogen-bond donors (Lipinski definition) is 2. The Bertz CT molecular complexity index is 770. The van der Waals surface area contributed by atoms with Crippen molar-refractivity contribution in [3.63, 3.8) is 0 Å². The quantitative estimate of drug-likeness (QED) is 0.146. The Labute approximate surface area is 195 Å². The van der Waals surface area contributed by atoms with Crippen molar-refractivity contribution in [1.29, 1.82) is 0 Å². The van der Waals surface area contributed by atoms with E-state index in [1.54, 1.807) is 0 Å². The predicted octanol–water partition coefficient (Wildman–Crippen LogP) is 8.12. The molecule has 0 saturated heterocycles. The molecule has 172 valence electrons. The van der Waals surface area contributed by atoms with Crippen LogP contribution in [0.1, 0.15) is 73.6 Å². The van der Waals surface area contributed by atoms with E-state index in [1.165, 1.54) is 22.3 Å². The summed E-state index contributed by atoms with van der Waals surface area (Å²) in [4.78, 5) is 11.6. The smallest absolute Gasteiger partial charge is 0.303 e. The maximum absolute atomic E-state index is 10.6. The van der Waals surface area contributed by atoms with Crippen LogP contribution in [0.3, 0.4) is 0 Å². The van der Waals surface area contributed by atoms with E-state index in [0.717, 1.165) is 29.9 Å². The zero-order valence-electron chi connectivity index (χ0n) is 20.1. The number of ether oxygens (including phenoxy) is 1. The topological polar surface area (TPSA) is 46.5 Å². The van der Waals surface area contributed by atoms with Crippen LogP contribution in [-0.2, 0) is 9.53 Å². The standard InChI is InChI=1S/C25H34O3S.C2H6/c1-5-11-23(14-8-7-9-15-25(26)27)28-18-21-12-10-13-22(17-16-21)24(6-2)19(3)20(4)29;1-2/h6,8,10-14,17,29H,5,7,9,15-16,18H2,1-4H3,(H,26,27);1-2H3/b14-8-,20-19-,23-11+,24-6-;. The van der Waals surface area contributed by atoms with Crippen molar-refractivity contribution < 1.29 is 14.6 Å². The van der Waals surface area contributed by atoms with Gasteiger partial charge in [-0.25, -0.2) is 0 Å². The molecule has 0 radical (unpaired) electrons. The van der Waals surface area contributed by atoms with Crippen molar-refractivity contribution in [2.75, 3.05) is 6.61 Å². The van der Waals surface area contributed by atoms with Crippen LogP contribution in [-0.4, -0.2) is 17.7 Å².